The van der Waals surface area contributed by atoms with Gasteiger partial charge in [0.2, 0.25) is 0 Å². The highest BCUT2D eigenvalue weighted by Crippen LogP contribution is 2.41. The number of ether oxygens (including phenoxy) is 3. The fraction of sp³-hybridized carbons (Fsp3) is 0.500. The van der Waals surface area contributed by atoms with Gasteiger partial charge in [-0.05, 0) is 26.3 Å². The monoisotopic (exact) mass is 364 g/mol. The summed E-state index contributed by atoms with van der Waals surface area (Å²) in [6.07, 6.45) is 1.50. The molecule has 3 amide bonds. The topological polar surface area (TPSA) is 103 Å². The highest BCUT2D eigenvalue weighted by molar-refractivity contribution is 5.95. The van der Waals surface area contributed by atoms with Gasteiger partial charge >= 0.3 is 12.0 Å². The van der Waals surface area contributed by atoms with Crippen molar-refractivity contribution in [1.82, 2.24) is 10.6 Å². The molecule has 8 nitrogen and oxygen atoms in total. The summed E-state index contributed by atoms with van der Waals surface area (Å²) in [4.78, 5) is 34.6. The van der Waals surface area contributed by atoms with Crippen molar-refractivity contribution >= 4 is 17.9 Å². The first-order valence-corrected chi connectivity index (χ1v) is 8.48. The van der Waals surface area contributed by atoms with Gasteiger partial charge in [-0.25, -0.2) is 9.59 Å². The number of esters is 1. The predicted octanol–water partition coefficient (Wildman–Crippen LogP) is 1.56. The standard InChI is InChI=1S/C18H24N2O6/c1-4-8-19-17(23)20-14(21)10-25-15(22)11-24-13-7-5-6-12-9-18(2,3)26-16(12)13/h5-7H,4,8-11H2,1-3H3,(H2,19,20,21,23). The normalized spacial score (nSPS) is 14.0. The molecule has 0 unspecified atom stereocenters. The summed E-state index contributed by atoms with van der Waals surface area (Å²) in [6.45, 7) is 5.36. The second kappa shape index (κ2) is 8.55. The summed E-state index contributed by atoms with van der Waals surface area (Å²) in [5, 5.41) is 4.54. The SMILES string of the molecule is CCCNC(=O)NC(=O)COC(=O)COc1cccc2c1OC(C)(C)C2. The van der Waals surface area contributed by atoms with E-state index in [1.54, 1.807) is 6.07 Å². The maximum Gasteiger partial charge on any atom is 0.344 e. The van der Waals surface area contributed by atoms with Gasteiger partial charge < -0.3 is 19.5 Å². The molecule has 0 atom stereocenters. The molecule has 2 N–H and O–H groups in total. The van der Waals surface area contributed by atoms with E-state index in [0.29, 0.717) is 18.0 Å². The second-order valence-electron chi connectivity index (χ2n) is 6.54. The molecule has 0 aliphatic carbocycles. The van der Waals surface area contributed by atoms with Crippen LogP contribution in [0.3, 0.4) is 0 Å². The van der Waals surface area contributed by atoms with E-state index in [1.165, 1.54) is 0 Å². The summed E-state index contributed by atoms with van der Waals surface area (Å²) in [6, 6.07) is 4.86. The molecule has 1 aromatic rings. The van der Waals surface area contributed by atoms with Crippen LogP contribution >= 0.6 is 0 Å². The lowest BCUT2D eigenvalue weighted by molar-refractivity contribution is -0.150. The summed E-state index contributed by atoms with van der Waals surface area (Å²) < 4.78 is 16.1. The van der Waals surface area contributed by atoms with Gasteiger partial charge in [0.05, 0.1) is 0 Å². The molecular formula is C18H24N2O6. The zero-order valence-electron chi connectivity index (χ0n) is 15.2. The summed E-state index contributed by atoms with van der Waals surface area (Å²) in [5.41, 5.74) is 0.692. The minimum Gasteiger partial charge on any atom is -0.483 e. The molecule has 1 aliphatic rings. The average molecular weight is 364 g/mol. The van der Waals surface area contributed by atoms with E-state index in [2.05, 4.69) is 10.6 Å². The van der Waals surface area contributed by atoms with Crippen LogP contribution in [-0.4, -0.2) is 43.3 Å². The summed E-state index contributed by atoms with van der Waals surface area (Å²) in [7, 11) is 0. The lowest BCUT2D eigenvalue weighted by Gasteiger charge is -2.18. The van der Waals surface area contributed by atoms with Crippen molar-refractivity contribution in [3.05, 3.63) is 23.8 Å². The number of hydrogen-bond donors (Lipinski definition) is 2. The van der Waals surface area contributed by atoms with Crippen LogP contribution < -0.4 is 20.1 Å². The Morgan fingerprint density at radius 2 is 2.00 bits per heavy atom. The molecular weight excluding hydrogens is 340 g/mol. The fourth-order valence-corrected chi connectivity index (χ4v) is 2.47. The number of carbonyl (C=O) groups excluding carboxylic acids is 3. The molecule has 0 saturated carbocycles. The van der Waals surface area contributed by atoms with Gasteiger partial charge in [-0.2, -0.15) is 0 Å². The van der Waals surface area contributed by atoms with E-state index in [-0.39, 0.29) is 12.2 Å². The molecule has 26 heavy (non-hydrogen) atoms. The number of urea groups is 1. The molecule has 8 heteroatoms. The van der Waals surface area contributed by atoms with Crippen molar-refractivity contribution < 1.29 is 28.6 Å². The molecule has 0 radical (unpaired) electrons. The molecule has 0 bridgehead atoms. The Balaban J connectivity index is 1.76. The third kappa shape index (κ3) is 5.65. The number of amides is 3. The van der Waals surface area contributed by atoms with Crippen molar-refractivity contribution in [3.63, 3.8) is 0 Å². The Labute approximate surface area is 152 Å². The first kappa shape index (κ1) is 19.6. The van der Waals surface area contributed by atoms with E-state index >= 15 is 0 Å². The van der Waals surface area contributed by atoms with Crippen molar-refractivity contribution in [3.8, 4) is 11.5 Å². The lowest BCUT2D eigenvalue weighted by atomic mass is 10.0. The first-order valence-electron chi connectivity index (χ1n) is 8.48. The van der Waals surface area contributed by atoms with Crippen molar-refractivity contribution in [1.29, 1.82) is 0 Å². The smallest absolute Gasteiger partial charge is 0.344 e. The molecule has 1 heterocycles. The van der Waals surface area contributed by atoms with Crippen LogP contribution in [0.25, 0.3) is 0 Å². The van der Waals surface area contributed by atoms with Crippen molar-refractivity contribution in [2.24, 2.45) is 0 Å². The molecule has 142 valence electrons. The molecule has 1 aliphatic heterocycles. The van der Waals surface area contributed by atoms with Crippen LogP contribution in [0.15, 0.2) is 18.2 Å². The third-order valence-corrected chi connectivity index (χ3v) is 3.55. The zero-order valence-corrected chi connectivity index (χ0v) is 15.2. The van der Waals surface area contributed by atoms with Crippen LogP contribution in [0.5, 0.6) is 11.5 Å². The lowest BCUT2D eigenvalue weighted by Crippen LogP contribution is -2.41. The Bertz CT molecular complexity index is 686. The largest absolute Gasteiger partial charge is 0.483 e. The Morgan fingerprint density at radius 3 is 2.73 bits per heavy atom. The minimum absolute atomic E-state index is 0.321. The number of hydrogen-bond acceptors (Lipinski definition) is 6. The van der Waals surface area contributed by atoms with E-state index < -0.39 is 24.5 Å². The number of nitrogens with one attached hydrogen (secondary N) is 2. The van der Waals surface area contributed by atoms with Gasteiger partial charge in [0.25, 0.3) is 5.91 Å². The average Bonchev–Trinajstić information content (AvgIpc) is 2.90. The molecule has 2 rings (SSSR count). The Hall–Kier alpha value is -2.77. The van der Waals surface area contributed by atoms with Gasteiger partial charge in [0.1, 0.15) is 5.60 Å². The van der Waals surface area contributed by atoms with E-state index in [9.17, 15) is 14.4 Å². The molecule has 0 aromatic heterocycles. The first-order chi connectivity index (χ1) is 12.3. The molecule has 0 spiro atoms. The van der Waals surface area contributed by atoms with E-state index in [0.717, 1.165) is 18.4 Å². The van der Waals surface area contributed by atoms with Gasteiger partial charge in [-0.3, -0.25) is 10.1 Å². The predicted molar refractivity (Wildman–Crippen MR) is 93.1 cm³/mol. The Kier molecular flexibility index (Phi) is 6.43. The maximum absolute atomic E-state index is 11.7. The third-order valence-electron chi connectivity index (χ3n) is 3.55. The van der Waals surface area contributed by atoms with E-state index in [1.807, 2.05) is 32.9 Å². The molecule has 0 saturated heterocycles. The van der Waals surface area contributed by atoms with Gasteiger partial charge in [0, 0.05) is 18.5 Å². The van der Waals surface area contributed by atoms with Gasteiger partial charge in [-0.15, -0.1) is 0 Å². The number of benzene rings is 1. The number of carbonyl (C=O) groups is 3. The maximum atomic E-state index is 11.7. The Morgan fingerprint density at radius 1 is 1.23 bits per heavy atom. The number of para-hydroxylation sites is 1. The van der Waals surface area contributed by atoms with Crippen molar-refractivity contribution in [2.75, 3.05) is 19.8 Å². The highest BCUT2D eigenvalue weighted by atomic mass is 16.6. The van der Waals surface area contributed by atoms with Crippen LogP contribution in [0, 0.1) is 0 Å². The fourth-order valence-electron chi connectivity index (χ4n) is 2.47. The van der Waals surface area contributed by atoms with Crippen LogP contribution in [-0.2, 0) is 20.7 Å². The van der Waals surface area contributed by atoms with E-state index in [4.69, 9.17) is 14.2 Å². The van der Waals surface area contributed by atoms with Gasteiger partial charge in [0.15, 0.2) is 24.7 Å². The van der Waals surface area contributed by atoms with Gasteiger partial charge in [-0.1, -0.05) is 19.1 Å². The summed E-state index contributed by atoms with van der Waals surface area (Å²) in [5.74, 6) is -0.356. The minimum atomic E-state index is -0.719. The highest BCUT2D eigenvalue weighted by Gasteiger charge is 2.32. The molecule has 1 aromatic carbocycles. The summed E-state index contributed by atoms with van der Waals surface area (Å²) >= 11 is 0. The van der Waals surface area contributed by atoms with Crippen molar-refractivity contribution in [2.45, 2.75) is 39.2 Å². The zero-order chi connectivity index (χ0) is 19.2. The van der Waals surface area contributed by atoms with Crippen LogP contribution in [0.2, 0.25) is 0 Å². The quantitative estimate of drug-likeness (QED) is 0.712. The number of fused-ring (bicyclic) bond motifs is 1. The number of rotatable bonds is 7. The second-order valence-corrected chi connectivity index (χ2v) is 6.54. The number of imide groups is 1. The van der Waals surface area contributed by atoms with Crippen LogP contribution in [0.4, 0.5) is 4.79 Å². The molecule has 0 fully saturated rings. The van der Waals surface area contributed by atoms with Crippen LogP contribution in [0.1, 0.15) is 32.8 Å².